The summed E-state index contributed by atoms with van der Waals surface area (Å²) in [6.45, 7) is 12.3. The molecule has 6 nitrogen and oxygen atoms in total. The second-order valence-electron chi connectivity index (χ2n) is 11.0. The Labute approximate surface area is 226 Å². The van der Waals surface area contributed by atoms with E-state index in [1.54, 1.807) is 0 Å². The minimum atomic E-state index is -0.810. The van der Waals surface area contributed by atoms with E-state index < -0.39 is 17.7 Å². The van der Waals surface area contributed by atoms with E-state index in [9.17, 15) is 9.59 Å². The van der Waals surface area contributed by atoms with E-state index in [0.717, 1.165) is 51.7 Å². The van der Waals surface area contributed by atoms with Crippen molar-refractivity contribution in [3.05, 3.63) is 70.9 Å². The van der Waals surface area contributed by atoms with Crippen LogP contribution in [0.25, 0.3) is 28.1 Å². The number of amides is 1. The highest BCUT2D eigenvalue weighted by Gasteiger charge is 2.21. The predicted molar refractivity (Wildman–Crippen MR) is 154 cm³/mol. The second-order valence-corrected chi connectivity index (χ2v) is 11.0. The Hall–Kier alpha value is -3.67. The molecular formula is C32H40N2O4. The third-order valence-electron chi connectivity index (χ3n) is 6.09. The van der Waals surface area contributed by atoms with Crippen molar-refractivity contribution in [3.63, 3.8) is 0 Å². The van der Waals surface area contributed by atoms with Gasteiger partial charge in [-0.3, -0.25) is 9.78 Å². The van der Waals surface area contributed by atoms with Crippen LogP contribution < -0.4 is 5.32 Å². The molecule has 38 heavy (non-hydrogen) atoms. The summed E-state index contributed by atoms with van der Waals surface area (Å²) in [6.07, 6.45) is 5.67. The zero-order chi connectivity index (χ0) is 27.9. The van der Waals surface area contributed by atoms with Crippen LogP contribution in [-0.4, -0.2) is 27.8 Å². The van der Waals surface area contributed by atoms with E-state index >= 15 is 0 Å². The summed E-state index contributed by atoms with van der Waals surface area (Å²) in [5.74, 6) is -0.429. The van der Waals surface area contributed by atoms with Crippen molar-refractivity contribution < 1.29 is 19.4 Å². The number of nitrogens with zero attached hydrogens (tertiary/aromatic N) is 1. The summed E-state index contributed by atoms with van der Waals surface area (Å²) in [4.78, 5) is 28.5. The van der Waals surface area contributed by atoms with E-state index in [1.807, 2.05) is 45.1 Å². The van der Waals surface area contributed by atoms with Crippen LogP contribution >= 0.6 is 0 Å². The number of nitrogens with one attached hydrogen (secondary N) is 1. The van der Waals surface area contributed by atoms with Gasteiger partial charge in [0.05, 0.1) is 5.52 Å². The molecule has 2 N–H and O–H groups in total. The topological polar surface area (TPSA) is 88.5 Å². The highest BCUT2D eigenvalue weighted by atomic mass is 16.6. The first-order valence-corrected chi connectivity index (χ1v) is 13.4. The molecule has 0 fully saturated rings. The third kappa shape index (κ3) is 8.17. The van der Waals surface area contributed by atoms with Gasteiger partial charge in [0.2, 0.25) is 0 Å². The highest BCUT2D eigenvalue weighted by Crippen LogP contribution is 2.35. The van der Waals surface area contributed by atoms with Gasteiger partial charge < -0.3 is 15.2 Å². The minimum absolute atomic E-state index is 0.0969. The molecule has 6 heteroatoms. The molecule has 0 spiro atoms. The number of aryl methyl sites for hydroxylation is 1. The van der Waals surface area contributed by atoms with Crippen LogP contribution in [0.2, 0.25) is 0 Å². The van der Waals surface area contributed by atoms with Crippen LogP contribution in [0.1, 0.15) is 76.8 Å². The number of rotatable bonds is 10. The number of hydrogen-bond donors (Lipinski definition) is 2. The number of aromatic nitrogens is 1. The van der Waals surface area contributed by atoms with E-state index in [1.165, 1.54) is 5.56 Å². The van der Waals surface area contributed by atoms with Gasteiger partial charge in [0.15, 0.2) is 0 Å². The Morgan fingerprint density at radius 3 is 2.42 bits per heavy atom. The second kappa shape index (κ2) is 12.7. The largest absolute Gasteiger partial charge is 0.481 e. The molecule has 3 rings (SSSR count). The summed E-state index contributed by atoms with van der Waals surface area (Å²) < 4.78 is 5.51. The number of ether oxygens (including phenoxy) is 1. The van der Waals surface area contributed by atoms with Gasteiger partial charge in [0.1, 0.15) is 5.60 Å². The number of carboxylic acids is 1. The standard InChI is InChI=1S/C32H40N2O4/c1-7-22-12-15-24(16-13-22)30-25-19-23(10-8-9-11-29(35)36)14-17-27(25)34-28(18-21(2)3)26(30)20-33-31(37)38-32(4,5)6/h8,10,12-17,19,21H,7,9,11,18,20H2,1-6H3,(H,33,37)(H,35,36). The molecule has 0 saturated heterocycles. The Morgan fingerprint density at radius 2 is 1.82 bits per heavy atom. The Bertz CT molecular complexity index is 1300. The molecule has 1 aromatic heterocycles. The van der Waals surface area contributed by atoms with Crippen molar-refractivity contribution in [2.75, 3.05) is 0 Å². The summed E-state index contributed by atoms with van der Waals surface area (Å²) >= 11 is 0. The molecule has 0 radical (unpaired) electrons. The maximum atomic E-state index is 12.6. The van der Waals surface area contributed by atoms with Crippen molar-refractivity contribution in [2.45, 2.75) is 79.4 Å². The Balaban J connectivity index is 2.17. The van der Waals surface area contributed by atoms with Crippen LogP contribution in [0.3, 0.4) is 0 Å². The minimum Gasteiger partial charge on any atom is -0.481 e. The van der Waals surface area contributed by atoms with Gasteiger partial charge >= 0.3 is 12.1 Å². The lowest BCUT2D eigenvalue weighted by Gasteiger charge is -2.22. The number of hydrogen-bond acceptors (Lipinski definition) is 4. The van der Waals surface area contributed by atoms with E-state index in [0.29, 0.717) is 18.9 Å². The van der Waals surface area contributed by atoms with Crippen molar-refractivity contribution >= 4 is 29.0 Å². The normalized spacial score (nSPS) is 11.9. The summed E-state index contributed by atoms with van der Waals surface area (Å²) in [7, 11) is 0. The van der Waals surface area contributed by atoms with Crippen LogP contribution in [0.5, 0.6) is 0 Å². The number of carbonyl (C=O) groups excluding carboxylic acids is 1. The number of carbonyl (C=O) groups is 2. The van der Waals surface area contributed by atoms with E-state index in [-0.39, 0.29) is 6.42 Å². The first-order valence-electron chi connectivity index (χ1n) is 13.4. The zero-order valence-corrected chi connectivity index (χ0v) is 23.4. The van der Waals surface area contributed by atoms with E-state index in [2.05, 4.69) is 56.4 Å². The average Bonchev–Trinajstić information content (AvgIpc) is 2.83. The lowest BCUT2D eigenvalue weighted by molar-refractivity contribution is -0.136. The smallest absolute Gasteiger partial charge is 0.407 e. The fraction of sp³-hybridized carbons (Fsp3) is 0.406. The van der Waals surface area contributed by atoms with Gasteiger partial charge in [-0.25, -0.2) is 4.79 Å². The van der Waals surface area contributed by atoms with Crippen molar-refractivity contribution in [3.8, 4) is 11.1 Å². The summed E-state index contributed by atoms with van der Waals surface area (Å²) in [6, 6.07) is 14.7. The first kappa shape index (κ1) is 28.9. The molecule has 0 saturated carbocycles. The van der Waals surface area contributed by atoms with Crippen LogP contribution in [0.15, 0.2) is 48.5 Å². The van der Waals surface area contributed by atoms with E-state index in [4.69, 9.17) is 14.8 Å². The quantitative estimate of drug-likeness (QED) is 0.290. The molecule has 202 valence electrons. The number of alkyl carbamates (subject to hydrolysis) is 1. The van der Waals surface area contributed by atoms with Crippen molar-refractivity contribution in [2.24, 2.45) is 5.92 Å². The molecule has 0 bridgehead atoms. The summed E-state index contributed by atoms with van der Waals surface area (Å²) in [5.41, 5.74) is 6.57. The fourth-order valence-corrected chi connectivity index (χ4v) is 4.36. The molecule has 3 aromatic rings. The lowest BCUT2D eigenvalue weighted by Crippen LogP contribution is -2.32. The fourth-order valence-electron chi connectivity index (χ4n) is 4.36. The molecule has 0 aliphatic heterocycles. The number of aliphatic carboxylic acids is 1. The number of fused-ring (bicyclic) bond motifs is 1. The van der Waals surface area contributed by atoms with Gasteiger partial charge in [-0.05, 0) is 80.3 Å². The van der Waals surface area contributed by atoms with Crippen LogP contribution in [0, 0.1) is 5.92 Å². The molecule has 0 aliphatic carbocycles. The van der Waals surface area contributed by atoms with Gasteiger partial charge in [0.25, 0.3) is 0 Å². The zero-order valence-electron chi connectivity index (χ0n) is 23.4. The number of carboxylic acid groups (broad SMARTS) is 1. The molecule has 1 heterocycles. The molecular weight excluding hydrogens is 476 g/mol. The van der Waals surface area contributed by atoms with Crippen LogP contribution in [-0.2, 0) is 28.9 Å². The number of benzene rings is 2. The average molecular weight is 517 g/mol. The number of pyridine rings is 1. The van der Waals surface area contributed by atoms with Gasteiger partial charge in [-0.2, -0.15) is 0 Å². The summed E-state index contributed by atoms with van der Waals surface area (Å²) in [5, 5.41) is 12.9. The molecule has 0 unspecified atom stereocenters. The molecule has 1 amide bonds. The third-order valence-corrected chi connectivity index (χ3v) is 6.09. The predicted octanol–water partition coefficient (Wildman–Crippen LogP) is 7.57. The van der Waals surface area contributed by atoms with Gasteiger partial charge in [-0.1, -0.05) is 63.3 Å². The maximum absolute atomic E-state index is 12.6. The Morgan fingerprint density at radius 1 is 1.11 bits per heavy atom. The van der Waals surface area contributed by atoms with Crippen LogP contribution in [0.4, 0.5) is 4.79 Å². The van der Waals surface area contributed by atoms with Crippen molar-refractivity contribution in [1.29, 1.82) is 0 Å². The highest BCUT2D eigenvalue weighted by molar-refractivity contribution is 5.98. The lowest BCUT2D eigenvalue weighted by atomic mass is 9.90. The SMILES string of the molecule is CCc1ccc(-c2c(CNC(=O)OC(C)(C)C)c(CC(C)C)nc3ccc(C=CCCC(=O)O)cc23)cc1. The first-order chi connectivity index (χ1) is 18.0. The molecule has 0 aliphatic rings. The van der Waals surface area contributed by atoms with Gasteiger partial charge in [0, 0.05) is 29.6 Å². The monoisotopic (exact) mass is 516 g/mol. The maximum Gasteiger partial charge on any atom is 0.407 e. The number of allylic oxidation sites excluding steroid dienone is 1. The Kier molecular flexibility index (Phi) is 9.67. The molecule has 2 aromatic carbocycles. The van der Waals surface area contributed by atoms with Crippen molar-refractivity contribution in [1.82, 2.24) is 10.3 Å². The van der Waals surface area contributed by atoms with Gasteiger partial charge in [-0.15, -0.1) is 0 Å². The molecule has 0 atom stereocenters.